The van der Waals surface area contributed by atoms with Gasteiger partial charge in [-0.1, -0.05) is 23.7 Å². The summed E-state index contributed by atoms with van der Waals surface area (Å²) in [4.78, 5) is 11.9. The van der Waals surface area contributed by atoms with Crippen LogP contribution in [-0.4, -0.2) is 11.0 Å². The van der Waals surface area contributed by atoms with Gasteiger partial charge in [-0.2, -0.15) is 0 Å². The smallest absolute Gasteiger partial charge is 0.228 e. The molecule has 0 heterocycles. The Labute approximate surface area is 128 Å². The highest BCUT2D eigenvalue weighted by atomic mass is 79.9. The maximum atomic E-state index is 13.1. The minimum Gasteiger partial charge on any atom is -0.508 e. The Kier molecular flexibility index (Phi) is 4.62. The molecule has 0 aliphatic heterocycles. The lowest BCUT2D eigenvalue weighted by atomic mass is 10.1. The molecule has 0 bridgehead atoms. The third-order valence-electron chi connectivity index (χ3n) is 2.57. The Morgan fingerprint density at radius 3 is 2.55 bits per heavy atom. The molecule has 0 unspecified atom stereocenters. The largest absolute Gasteiger partial charge is 0.508 e. The van der Waals surface area contributed by atoms with Crippen molar-refractivity contribution < 1.29 is 14.3 Å². The number of benzene rings is 2. The van der Waals surface area contributed by atoms with Crippen LogP contribution in [-0.2, 0) is 11.2 Å². The highest BCUT2D eigenvalue weighted by Gasteiger charge is 2.12. The maximum Gasteiger partial charge on any atom is 0.228 e. The van der Waals surface area contributed by atoms with Crippen LogP contribution in [0, 0.1) is 5.82 Å². The number of halogens is 3. The number of aromatic hydroxyl groups is 1. The lowest BCUT2D eigenvalue weighted by Gasteiger charge is -2.10. The lowest BCUT2D eigenvalue weighted by molar-refractivity contribution is -0.115. The van der Waals surface area contributed by atoms with E-state index >= 15 is 0 Å². The van der Waals surface area contributed by atoms with E-state index in [2.05, 4.69) is 21.2 Å². The van der Waals surface area contributed by atoms with Crippen LogP contribution in [0.3, 0.4) is 0 Å². The molecule has 3 nitrogen and oxygen atoms in total. The van der Waals surface area contributed by atoms with E-state index in [4.69, 9.17) is 16.7 Å². The number of phenols is 1. The number of rotatable bonds is 3. The van der Waals surface area contributed by atoms with Crippen LogP contribution in [0.5, 0.6) is 5.75 Å². The van der Waals surface area contributed by atoms with E-state index in [1.165, 1.54) is 18.2 Å². The molecule has 2 N–H and O–H groups in total. The van der Waals surface area contributed by atoms with Crippen molar-refractivity contribution in [1.29, 1.82) is 0 Å². The van der Waals surface area contributed by atoms with E-state index in [1.807, 2.05) is 0 Å². The van der Waals surface area contributed by atoms with Crippen molar-refractivity contribution in [2.45, 2.75) is 6.42 Å². The summed E-state index contributed by atoms with van der Waals surface area (Å²) in [6, 6.07) is 8.66. The molecule has 2 rings (SSSR count). The molecule has 6 heteroatoms. The summed E-state index contributed by atoms with van der Waals surface area (Å²) < 4.78 is 13.5. The van der Waals surface area contributed by atoms with Crippen LogP contribution < -0.4 is 5.32 Å². The second-order valence-corrected chi connectivity index (χ2v) is 5.40. The quantitative estimate of drug-likeness (QED) is 0.867. The van der Waals surface area contributed by atoms with Gasteiger partial charge in [0, 0.05) is 4.47 Å². The minimum absolute atomic E-state index is 0.121. The zero-order valence-corrected chi connectivity index (χ0v) is 12.5. The predicted octanol–water partition coefficient (Wildman–Crippen LogP) is 4.13. The molecule has 1 amide bonds. The number of carbonyl (C=O) groups excluding carboxylic acids is 1. The molecule has 0 radical (unpaired) electrons. The highest BCUT2D eigenvalue weighted by Crippen LogP contribution is 2.31. The van der Waals surface area contributed by atoms with Gasteiger partial charge in [-0.3, -0.25) is 4.79 Å². The number of nitrogens with one attached hydrogen (secondary N) is 1. The van der Waals surface area contributed by atoms with E-state index in [0.717, 1.165) is 11.6 Å². The molecular formula is C14H10BrClFNO2. The van der Waals surface area contributed by atoms with Crippen LogP contribution in [0.2, 0.25) is 5.02 Å². The molecule has 0 fully saturated rings. The van der Waals surface area contributed by atoms with Gasteiger partial charge in [0.05, 0.1) is 17.1 Å². The molecule has 0 aliphatic rings. The Bertz CT molecular complexity index is 623. The van der Waals surface area contributed by atoms with Crippen molar-refractivity contribution in [3.05, 3.63) is 57.3 Å². The van der Waals surface area contributed by atoms with E-state index in [0.29, 0.717) is 10.2 Å². The van der Waals surface area contributed by atoms with Crippen molar-refractivity contribution in [1.82, 2.24) is 0 Å². The zero-order valence-electron chi connectivity index (χ0n) is 10.2. The summed E-state index contributed by atoms with van der Waals surface area (Å²) in [5.74, 6) is -0.637. The molecule has 0 saturated heterocycles. The maximum absolute atomic E-state index is 13.1. The first kappa shape index (κ1) is 14.8. The Morgan fingerprint density at radius 1 is 1.30 bits per heavy atom. The fourth-order valence-electron chi connectivity index (χ4n) is 1.64. The van der Waals surface area contributed by atoms with Crippen LogP contribution in [0.25, 0.3) is 0 Å². The van der Waals surface area contributed by atoms with E-state index in [9.17, 15) is 9.18 Å². The molecule has 2 aromatic carbocycles. The van der Waals surface area contributed by atoms with Crippen molar-refractivity contribution in [2.24, 2.45) is 0 Å². The number of hydrogen-bond donors (Lipinski definition) is 2. The van der Waals surface area contributed by atoms with Gasteiger partial charge in [0.25, 0.3) is 0 Å². The fourth-order valence-corrected chi connectivity index (χ4v) is 2.54. The minimum atomic E-state index is -0.488. The summed E-state index contributed by atoms with van der Waals surface area (Å²) in [5, 5.41) is 11.9. The summed E-state index contributed by atoms with van der Waals surface area (Å²) in [6.45, 7) is 0. The summed E-state index contributed by atoms with van der Waals surface area (Å²) in [6.07, 6.45) is 0.125. The summed E-state index contributed by atoms with van der Waals surface area (Å²) in [5.41, 5.74) is 1.08. The summed E-state index contributed by atoms with van der Waals surface area (Å²) in [7, 11) is 0. The molecular weight excluding hydrogens is 349 g/mol. The highest BCUT2D eigenvalue weighted by molar-refractivity contribution is 9.10. The van der Waals surface area contributed by atoms with Crippen LogP contribution in [0.4, 0.5) is 10.1 Å². The molecule has 0 atom stereocenters. The Hall–Kier alpha value is -1.59. The SMILES string of the molecule is O=C(Cc1ccc(O)cc1)Nc1c(Cl)cc(F)cc1Br. The second kappa shape index (κ2) is 6.24. The van der Waals surface area contributed by atoms with Gasteiger partial charge in [-0.05, 0) is 45.8 Å². The van der Waals surface area contributed by atoms with Crippen LogP contribution >= 0.6 is 27.5 Å². The Balaban J connectivity index is 2.10. The predicted molar refractivity (Wildman–Crippen MR) is 79.6 cm³/mol. The normalized spacial score (nSPS) is 10.3. The van der Waals surface area contributed by atoms with Gasteiger partial charge in [-0.15, -0.1) is 0 Å². The summed E-state index contributed by atoms with van der Waals surface area (Å²) >= 11 is 9.03. The van der Waals surface area contributed by atoms with E-state index < -0.39 is 5.82 Å². The molecule has 0 aromatic heterocycles. The second-order valence-electron chi connectivity index (χ2n) is 4.14. The first-order chi connectivity index (χ1) is 9.45. The third kappa shape index (κ3) is 3.71. The van der Waals surface area contributed by atoms with Gasteiger partial charge in [0.15, 0.2) is 0 Å². The van der Waals surface area contributed by atoms with Crippen LogP contribution in [0.15, 0.2) is 40.9 Å². The van der Waals surface area contributed by atoms with Crippen molar-refractivity contribution in [3.63, 3.8) is 0 Å². The molecule has 0 saturated carbocycles. The van der Waals surface area contributed by atoms with Crippen molar-refractivity contribution >= 4 is 39.1 Å². The first-order valence-electron chi connectivity index (χ1n) is 5.68. The fraction of sp³-hybridized carbons (Fsp3) is 0.0714. The molecule has 104 valence electrons. The van der Waals surface area contributed by atoms with Crippen molar-refractivity contribution in [2.75, 3.05) is 5.32 Å². The van der Waals surface area contributed by atoms with Crippen LogP contribution in [0.1, 0.15) is 5.56 Å². The monoisotopic (exact) mass is 357 g/mol. The van der Waals surface area contributed by atoms with E-state index in [1.54, 1.807) is 12.1 Å². The molecule has 2 aromatic rings. The first-order valence-corrected chi connectivity index (χ1v) is 6.85. The molecule has 0 aliphatic carbocycles. The number of phenolic OH excluding ortho intramolecular Hbond substituents is 1. The van der Waals surface area contributed by atoms with Crippen molar-refractivity contribution in [3.8, 4) is 5.75 Å². The lowest BCUT2D eigenvalue weighted by Crippen LogP contribution is -2.15. The number of hydrogen-bond acceptors (Lipinski definition) is 2. The topological polar surface area (TPSA) is 49.3 Å². The van der Waals surface area contributed by atoms with Gasteiger partial charge in [0.2, 0.25) is 5.91 Å². The molecule has 0 spiro atoms. The third-order valence-corrected chi connectivity index (χ3v) is 3.50. The standard InChI is InChI=1S/C14H10BrClFNO2/c15-11-6-9(17)7-12(16)14(11)18-13(20)5-8-1-3-10(19)4-2-8/h1-4,6-7,19H,5H2,(H,18,20). The van der Waals surface area contributed by atoms with Gasteiger partial charge in [0.1, 0.15) is 11.6 Å². The average Bonchev–Trinajstić information content (AvgIpc) is 2.36. The zero-order chi connectivity index (χ0) is 14.7. The van der Waals surface area contributed by atoms with Gasteiger partial charge in [-0.25, -0.2) is 4.39 Å². The number of carbonyl (C=O) groups is 1. The number of amides is 1. The molecule has 20 heavy (non-hydrogen) atoms. The Morgan fingerprint density at radius 2 is 1.95 bits per heavy atom. The average molecular weight is 359 g/mol. The van der Waals surface area contributed by atoms with E-state index in [-0.39, 0.29) is 23.1 Å². The van der Waals surface area contributed by atoms with Gasteiger partial charge < -0.3 is 10.4 Å². The van der Waals surface area contributed by atoms with Gasteiger partial charge >= 0.3 is 0 Å². The number of anilines is 1.